The molecule has 0 bridgehead atoms. The fourth-order valence-electron chi connectivity index (χ4n) is 2.94. The normalized spacial score (nSPS) is 22.8. The van der Waals surface area contributed by atoms with E-state index in [-0.39, 0.29) is 0 Å². The first kappa shape index (κ1) is 14.9. The van der Waals surface area contributed by atoms with Crippen LogP contribution in [0.1, 0.15) is 44.6 Å². The Balaban J connectivity index is 1.71. The highest BCUT2D eigenvalue weighted by Gasteiger charge is 2.25. The van der Waals surface area contributed by atoms with Crippen molar-refractivity contribution >= 4 is 11.8 Å². The average molecular weight is 277 g/mol. The fourth-order valence-corrected chi connectivity index (χ4v) is 3.93. The van der Waals surface area contributed by atoms with Gasteiger partial charge >= 0.3 is 0 Å². The van der Waals surface area contributed by atoms with Gasteiger partial charge in [0.15, 0.2) is 0 Å². The summed E-state index contributed by atoms with van der Waals surface area (Å²) in [5.74, 6) is 2.17. The second kappa shape index (κ2) is 7.96. The Morgan fingerprint density at radius 2 is 2.00 bits per heavy atom. The first-order chi connectivity index (χ1) is 9.29. The number of hydrogen-bond acceptors (Lipinski definition) is 2. The molecular weight excluding hydrogens is 250 g/mol. The zero-order valence-electron chi connectivity index (χ0n) is 12.3. The van der Waals surface area contributed by atoms with Gasteiger partial charge in [0.05, 0.1) is 0 Å². The monoisotopic (exact) mass is 277 g/mol. The third kappa shape index (κ3) is 4.85. The molecular formula is C17H27NS. The number of rotatable bonds is 7. The summed E-state index contributed by atoms with van der Waals surface area (Å²) in [5.41, 5.74) is 1.35. The van der Waals surface area contributed by atoms with Crippen LogP contribution >= 0.6 is 11.8 Å². The summed E-state index contributed by atoms with van der Waals surface area (Å²) in [4.78, 5) is 1.42. The maximum Gasteiger partial charge on any atom is 0.00956 e. The van der Waals surface area contributed by atoms with Crippen molar-refractivity contribution in [2.45, 2.75) is 56.9 Å². The van der Waals surface area contributed by atoms with Gasteiger partial charge in [-0.2, -0.15) is 0 Å². The first-order valence-corrected chi connectivity index (χ1v) is 8.71. The molecule has 0 heterocycles. The zero-order chi connectivity index (χ0) is 13.5. The van der Waals surface area contributed by atoms with Gasteiger partial charge < -0.3 is 5.32 Å². The van der Waals surface area contributed by atoms with E-state index in [2.05, 4.69) is 43.4 Å². The lowest BCUT2D eigenvalue weighted by Gasteiger charge is -2.20. The molecule has 0 amide bonds. The van der Waals surface area contributed by atoms with Gasteiger partial charge in [-0.05, 0) is 63.0 Å². The topological polar surface area (TPSA) is 12.0 Å². The standard InChI is InChI=1S/C17H27NS/c1-3-12-18-17-6-4-5-15(17)11-13-19-16-9-7-14(2)8-10-16/h7-10,15,17-18H,3-6,11-13H2,1-2H3. The van der Waals surface area contributed by atoms with Crippen LogP contribution in [0.4, 0.5) is 0 Å². The van der Waals surface area contributed by atoms with E-state index in [1.807, 2.05) is 11.8 Å². The van der Waals surface area contributed by atoms with Gasteiger partial charge in [-0.1, -0.05) is 31.0 Å². The SMILES string of the molecule is CCCNC1CCCC1CCSc1ccc(C)cc1. The van der Waals surface area contributed by atoms with Crippen molar-refractivity contribution in [3.05, 3.63) is 29.8 Å². The molecule has 1 aliphatic rings. The van der Waals surface area contributed by atoms with E-state index in [0.717, 1.165) is 12.0 Å². The van der Waals surface area contributed by atoms with E-state index in [1.165, 1.54) is 54.9 Å². The average Bonchev–Trinajstić information content (AvgIpc) is 2.86. The molecule has 0 aliphatic heterocycles. The van der Waals surface area contributed by atoms with Crippen molar-refractivity contribution in [3.63, 3.8) is 0 Å². The van der Waals surface area contributed by atoms with Crippen LogP contribution in [0.2, 0.25) is 0 Å². The van der Waals surface area contributed by atoms with Gasteiger partial charge in [-0.3, -0.25) is 0 Å². The van der Waals surface area contributed by atoms with E-state index >= 15 is 0 Å². The third-order valence-corrected chi connectivity index (χ3v) is 5.14. The summed E-state index contributed by atoms with van der Waals surface area (Å²) >= 11 is 2.01. The number of benzene rings is 1. The summed E-state index contributed by atoms with van der Waals surface area (Å²) in [7, 11) is 0. The molecule has 0 radical (unpaired) electrons. The second-order valence-corrected chi connectivity index (χ2v) is 6.87. The quantitative estimate of drug-likeness (QED) is 0.728. The minimum absolute atomic E-state index is 0.790. The van der Waals surface area contributed by atoms with Crippen LogP contribution in [-0.2, 0) is 0 Å². The van der Waals surface area contributed by atoms with Crippen LogP contribution in [0.3, 0.4) is 0 Å². The Kier molecular flexibility index (Phi) is 6.25. The Labute approximate surface area is 122 Å². The molecule has 2 atom stereocenters. The van der Waals surface area contributed by atoms with E-state index < -0.39 is 0 Å². The Hall–Kier alpha value is -0.470. The lowest BCUT2D eigenvalue weighted by Crippen LogP contribution is -2.33. The van der Waals surface area contributed by atoms with Crippen molar-refractivity contribution in [3.8, 4) is 0 Å². The van der Waals surface area contributed by atoms with Gasteiger partial charge in [0.2, 0.25) is 0 Å². The molecule has 1 aromatic rings. The highest BCUT2D eigenvalue weighted by molar-refractivity contribution is 7.99. The van der Waals surface area contributed by atoms with Gasteiger partial charge in [0, 0.05) is 10.9 Å². The van der Waals surface area contributed by atoms with E-state index in [4.69, 9.17) is 0 Å². The minimum Gasteiger partial charge on any atom is -0.314 e. The van der Waals surface area contributed by atoms with Crippen LogP contribution in [-0.4, -0.2) is 18.3 Å². The Bertz CT molecular complexity index is 360. The molecule has 1 aliphatic carbocycles. The summed E-state index contributed by atoms with van der Waals surface area (Å²) in [6.07, 6.45) is 6.85. The van der Waals surface area contributed by atoms with Gasteiger partial charge in [0.25, 0.3) is 0 Å². The molecule has 0 saturated heterocycles. The van der Waals surface area contributed by atoms with E-state index in [9.17, 15) is 0 Å². The summed E-state index contributed by atoms with van der Waals surface area (Å²) in [5, 5.41) is 3.73. The first-order valence-electron chi connectivity index (χ1n) is 7.72. The molecule has 106 valence electrons. The molecule has 1 nitrogen and oxygen atoms in total. The van der Waals surface area contributed by atoms with Crippen molar-refractivity contribution < 1.29 is 0 Å². The molecule has 2 unspecified atom stereocenters. The van der Waals surface area contributed by atoms with Crippen LogP contribution in [0.5, 0.6) is 0 Å². The lowest BCUT2D eigenvalue weighted by atomic mass is 10.0. The molecule has 19 heavy (non-hydrogen) atoms. The molecule has 1 fully saturated rings. The van der Waals surface area contributed by atoms with Crippen molar-refractivity contribution in [1.82, 2.24) is 5.32 Å². The van der Waals surface area contributed by atoms with Crippen LogP contribution in [0.15, 0.2) is 29.2 Å². The largest absolute Gasteiger partial charge is 0.314 e. The zero-order valence-corrected chi connectivity index (χ0v) is 13.1. The smallest absolute Gasteiger partial charge is 0.00956 e. The molecule has 1 aromatic carbocycles. The van der Waals surface area contributed by atoms with Crippen molar-refractivity contribution in [2.75, 3.05) is 12.3 Å². The number of hydrogen-bond donors (Lipinski definition) is 1. The van der Waals surface area contributed by atoms with Crippen LogP contribution in [0.25, 0.3) is 0 Å². The summed E-state index contributed by atoms with van der Waals surface area (Å²) in [6.45, 7) is 5.59. The molecule has 1 saturated carbocycles. The Morgan fingerprint density at radius 1 is 1.21 bits per heavy atom. The molecule has 0 aromatic heterocycles. The van der Waals surface area contributed by atoms with Gasteiger partial charge in [0.1, 0.15) is 0 Å². The molecule has 1 N–H and O–H groups in total. The minimum atomic E-state index is 0.790. The van der Waals surface area contributed by atoms with Crippen LogP contribution < -0.4 is 5.32 Å². The maximum atomic E-state index is 3.73. The summed E-state index contributed by atoms with van der Waals surface area (Å²) < 4.78 is 0. The van der Waals surface area contributed by atoms with E-state index in [0.29, 0.717) is 0 Å². The van der Waals surface area contributed by atoms with Gasteiger partial charge in [-0.25, -0.2) is 0 Å². The molecule has 2 heteroatoms. The molecule has 0 spiro atoms. The van der Waals surface area contributed by atoms with Crippen molar-refractivity contribution in [2.24, 2.45) is 5.92 Å². The number of thioether (sulfide) groups is 1. The lowest BCUT2D eigenvalue weighted by molar-refractivity contribution is 0.393. The predicted molar refractivity (Wildman–Crippen MR) is 85.9 cm³/mol. The summed E-state index contributed by atoms with van der Waals surface area (Å²) in [6, 6.07) is 9.72. The predicted octanol–water partition coefficient (Wildman–Crippen LogP) is 4.65. The highest BCUT2D eigenvalue weighted by atomic mass is 32.2. The second-order valence-electron chi connectivity index (χ2n) is 5.70. The van der Waals surface area contributed by atoms with Crippen LogP contribution in [0, 0.1) is 12.8 Å². The Morgan fingerprint density at radius 3 is 2.74 bits per heavy atom. The molecule has 2 rings (SSSR count). The fraction of sp³-hybridized carbons (Fsp3) is 0.647. The maximum absolute atomic E-state index is 3.73. The van der Waals surface area contributed by atoms with E-state index in [1.54, 1.807) is 0 Å². The van der Waals surface area contributed by atoms with Crippen molar-refractivity contribution in [1.29, 1.82) is 0 Å². The van der Waals surface area contributed by atoms with Gasteiger partial charge in [-0.15, -0.1) is 11.8 Å². The third-order valence-electron chi connectivity index (χ3n) is 4.09. The highest BCUT2D eigenvalue weighted by Crippen LogP contribution is 2.31. The number of aryl methyl sites for hydroxylation is 1. The number of nitrogens with one attached hydrogen (secondary N) is 1.